The molecule has 1 aliphatic heterocycles. The summed E-state index contributed by atoms with van der Waals surface area (Å²) < 4.78 is 0. The van der Waals surface area contributed by atoms with E-state index >= 15 is 0 Å². The minimum absolute atomic E-state index is 0.274. The van der Waals surface area contributed by atoms with Crippen LogP contribution >= 0.6 is 11.3 Å². The number of benzene rings is 1. The van der Waals surface area contributed by atoms with E-state index < -0.39 is 17.5 Å². The van der Waals surface area contributed by atoms with E-state index in [2.05, 4.69) is 10.2 Å². The number of aliphatic hydroxyl groups is 1. The summed E-state index contributed by atoms with van der Waals surface area (Å²) in [6, 6.07) is 9.81. The molecule has 0 bridgehead atoms. The number of aromatic nitrogens is 2. The van der Waals surface area contributed by atoms with E-state index in [-0.39, 0.29) is 6.54 Å². The second-order valence-corrected chi connectivity index (χ2v) is 7.13. The van der Waals surface area contributed by atoms with Crippen molar-refractivity contribution < 1.29 is 15.0 Å². The summed E-state index contributed by atoms with van der Waals surface area (Å²) in [6.07, 6.45) is 0.730. The molecule has 1 fully saturated rings. The molecular weight excluding hydrogens is 326 g/mol. The molecule has 0 unspecified atom stereocenters. The van der Waals surface area contributed by atoms with Crippen LogP contribution < -0.4 is 4.90 Å². The molecule has 6 nitrogen and oxygen atoms in total. The van der Waals surface area contributed by atoms with Crippen molar-refractivity contribution in [3.63, 3.8) is 0 Å². The van der Waals surface area contributed by atoms with E-state index in [9.17, 15) is 15.0 Å². The number of aliphatic hydroxyl groups excluding tert-OH is 1. The Bertz CT molecular complexity index is 706. The fourth-order valence-electron chi connectivity index (χ4n) is 3.28. The van der Waals surface area contributed by atoms with Crippen molar-refractivity contribution in [1.82, 2.24) is 10.2 Å². The van der Waals surface area contributed by atoms with Crippen LogP contribution in [0.25, 0.3) is 10.6 Å². The Morgan fingerprint density at radius 1 is 1.38 bits per heavy atom. The van der Waals surface area contributed by atoms with Gasteiger partial charge in [-0.25, -0.2) is 0 Å². The van der Waals surface area contributed by atoms with Gasteiger partial charge in [-0.2, -0.15) is 0 Å². The van der Waals surface area contributed by atoms with Crippen LogP contribution in [0.5, 0.6) is 0 Å². The minimum Gasteiger partial charge on any atom is -0.481 e. The third kappa shape index (κ3) is 3.01. The summed E-state index contributed by atoms with van der Waals surface area (Å²) in [5, 5.41) is 30.1. The first-order valence-electron chi connectivity index (χ1n) is 8.12. The maximum Gasteiger partial charge on any atom is 0.312 e. The topological polar surface area (TPSA) is 86.5 Å². The van der Waals surface area contributed by atoms with E-state index in [1.54, 1.807) is 0 Å². The molecule has 3 rings (SSSR count). The van der Waals surface area contributed by atoms with Gasteiger partial charge >= 0.3 is 5.97 Å². The third-order valence-electron chi connectivity index (χ3n) is 4.69. The number of carbonyl (C=O) groups is 1. The number of hydrogen-bond acceptors (Lipinski definition) is 6. The molecule has 0 amide bonds. The summed E-state index contributed by atoms with van der Waals surface area (Å²) in [5.74, 6) is -0.904. The molecule has 2 N–H and O–H groups in total. The fourth-order valence-corrected chi connectivity index (χ4v) is 4.17. The second-order valence-electron chi connectivity index (χ2n) is 6.18. The zero-order chi connectivity index (χ0) is 17.2. The van der Waals surface area contributed by atoms with Crippen molar-refractivity contribution in [2.24, 2.45) is 5.41 Å². The van der Waals surface area contributed by atoms with Crippen LogP contribution in [-0.2, 0) is 4.79 Å². The molecule has 2 atom stereocenters. The van der Waals surface area contributed by atoms with Crippen molar-refractivity contribution in [2.75, 3.05) is 18.0 Å². The fraction of sp³-hybridized carbons (Fsp3) is 0.471. The Morgan fingerprint density at radius 2 is 2.12 bits per heavy atom. The number of piperidine rings is 1. The monoisotopic (exact) mass is 347 g/mol. The zero-order valence-electron chi connectivity index (χ0n) is 13.6. The summed E-state index contributed by atoms with van der Waals surface area (Å²) in [7, 11) is 0. The number of anilines is 1. The molecule has 128 valence electrons. The first kappa shape index (κ1) is 16.9. The van der Waals surface area contributed by atoms with Crippen LogP contribution in [0.1, 0.15) is 26.2 Å². The lowest BCUT2D eigenvalue weighted by molar-refractivity contribution is -0.159. The maximum atomic E-state index is 11.7. The van der Waals surface area contributed by atoms with Gasteiger partial charge in [0, 0.05) is 18.7 Å². The van der Waals surface area contributed by atoms with Crippen LogP contribution in [0.2, 0.25) is 0 Å². The highest BCUT2D eigenvalue weighted by molar-refractivity contribution is 7.18. The molecule has 7 heteroatoms. The van der Waals surface area contributed by atoms with Crippen molar-refractivity contribution in [1.29, 1.82) is 0 Å². The van der Waals surface area contributed by atoms with E-state index in [1.165, 1.54) is 11.3 Å². The van der Waals surface area contributed by atoms with Crippen LogP contribution in [0, 0.1) is 5.41 Å². The maximum absolute atomic E-state index is 11.7. The van der Waals surface area contributed by atoms with Gasteiger partial charge in [-0.3, -0.25) is 4.79 Å². The van der Waals surface area contributed by atoms with Crippen LogP contribution in [0.4, 0.5) is 5.13 Å². The van der Waals surface area contributed by atoms with E-state index in [0.29, 0.717) is 19.4 Å². The van der Waals surface area contributed by atoms with Gasteiger partial charge in [0.25, 0.3) is 0 Å². The van der Waals surface area contributed by atoms with Gasteiger partial charge in [-0.1, -0.05) is 55.0 Å². The molecule has 1 aliphatic rings. The summed E-state index contributed by atoms with van der Waals surface area (Å²) in [5.41, 5.74) is -0.0391. The highest BCUT2D eigenvalue weighted by atomic mass is 32.1. The van der Waals surface area contributed by atoms with Gasteiger partial charge in [0.15, 0.2) is 0 Å². The molecule has 24 heavy (non-hydrogen) atoms. The highest BCUT2D eigenvalue weighted by Crippen LogP contribution is 2.39. The second kappa shape index (κ2) is 6.86. The predicted octanol–water partition coefficient (Wildman–Crippen LogP) is 2.65. The number of β-amino-alcohol motifs (C(OH)–C–C–N with tert-alkyl or cyclic N) is 1. The number of hydrogen-bond donors (Lipinski definition) is 2. The Hall–Kier alpha value is -1.99. The van der Waals surface area contributed by atoms with Gasteiger partial charge in [0.05, 0.1) is 11.5 Å². The quantitative estimate of drug-likeness (QED) is 0.865. The summed E-state index contributed by atoms with van der Waals surface area (Å²) >= 11 is 1.46. The SMILES string of the molecule is CCC[C@]1(C(=O)O)CCN(c2nnc(-c3ccccc3)s2)C[C@H]1O. The van der Waals surface area contributed by atoms with Crippen molar-refractivity contribution in [3.8, 4) is 10.6 Å². The molecule has 1 aromatic carbocycles. The molecule has 0 radical (unpaired) electrons. The highest BCUT2D eigenvalue weighted by Gasteiger charge is 2.48. The van der Waals surface area contributed by atoms with Crippen LogP contribution in [0.3, 0.4) is 0 Å². The standard InChI is InChI=1S/C17H21N3O3S/c1-2-8-17(15(22)23)9-10-20(11-13(17)21)16-19-18-14(24-16)12-6-4-3-5-7-12/h3-7,13,21H,2,8-11H2,1H3,(H,22,23)/t13-,17+/m1/s1. The van der Waals surface area contributed by atoms with Crippen LogP contribution in [-0.4, -0.2) is 45.6 Å². The van der Waals surface area contributed by atoms with Crippen LogP contribution in [0.15, 0.2) is 30.3 Å². The number of carboxylic acids is 1. The minimum atomic E-state index is -1.04. The van der Waals surface area contributed by atoms with E-state index in [0.717, 1.165) is 22.1 Å². The molecule has 0 saturated carbocycles. The molecule has 2 heterocycles. The Kier molecular flexibility index (Phi) is 4.82. The molecule has 0 aliphatic carbocycles. The summed E-state index contributed by atoms with van der Waals surface area (Å²) in [6.45, 7) is 2.78. The first-order valence-corrected chi connectivity index (χ1v) is 8.94. The number of aliphatic carboxylic acids is 1. The van der Waals surface area contributed by atoms with E-state index in [1.807, 2.05) is 42.2 Å². The molecule has 1 aromatic heterocycles. The molecular formula is C17H21N3O3S. The lowest BCUT2D eigenvalue weighted by Crippen LogP contribution is -2.54. The van der Waals surface area contributed by atoms with Gasteiger partial charge in [-0.05, 0) is 12.8 Å². The number of nitrogens with zero attached hydrogens (tertiary/aromatic N) is 3. The average Bonchev–Trinajstić information content (AvgIpc) is 3.07. The third-order valence-corrected chi connectivity index (χ3v) is 5.72. The number of rotatable bonds is 5. The Morgan fingerprint density at radius 3 is 2.75 bits per heavy atom. The normalized spacial score (nSPS) is 24.1. The van der Waals surface area contributed by atoms with Gasteiger partial charge < -0.3 is 15.1 Å². The lowest BCUT2D eigenvalue weighted by Gasteiger charge is -2.42. The number of carboxylic acid groups (broad SMARTS) is 1. The van der Waals surface area contributed by atoms with Gasteiger partial charge in [0.2, 0.25) is 5.13 Å². The Labute approximate surface area is 144 Å². The molecule has 0 spiro atoms. The zero-order valence-corrected chi connectivity index (χ0v) is 14.4. The first-order chi connectivity index (χ1) is 11.6. The molecule has 2 aromatic rings. The summed E-state index contributed by atoms with van der Waals surface area (Å²) in [4.78, 5) is 13.6. The van der Waals surface area contributed by atoms with Crippen molar-refractivity contribution in [3.05, 3.63) is 30.3 Å². The van der Waals surface area contributed by atoms with Gasteiger partial charge in [-0.15, -0.1) is 10.2 Å². The van der Waals surface area contributed by atoms with E-state index in [4.69, 9.17) is 0 Å². The van der Waals surface area contributed by atoms with Crippen molar-refractivity contribution in [2.45, 2.75) is 32.3 Å². The Balaban J connectivity index is 1.77. The predicted molar refractivity (Wildman–Crippen MR) is 93.2 cm³/mol. The largest absolute Gasteiger partial charge is 0.481 e. The van der Waals surface area contributed by atoms with Crippen molar-refractivity contribution >= 4 is 22.4 Å². The van der Waals surface area contributed by atoms with Gasteiger partial charge in [0.1, 0.15) is 5.01 Å². The average molecular weight is 347 g/mol. The lowest BCUT2D eigenvalue weighted by atomic mass is 9.73. The smallest absolute Gasteiger partial charge is 0.312 e. The molecule has 1 saturated heterocycles.